The Morgan fingerprint density at radius 2 is 1.89 bits per heavy atom. The molecule has 3 N–H and O–H groups in total. The maximum absolute atomic E-state index is 14.7. The predicted octanol–water partition coefficient (Wildman–Crippen LogP) is 3.74. The number of amides is 4. The summed E-state index contributed by atoms with van der Waals surface area (Å²) in [6.07, 6.45) is 8.43. The average molecular weight is 808 g/mol. The van der Waals surface area contributed by atoms with Crippen LogP contribution in [0.5, 0.6) is 11.6 Å². The van der Waals surface area contributed by atoms with Crippen LogP contribution in [0, 0.1) is 18.7 Å². The lowest BCUT2D eigenvalue weighted by atomic mass is 10.0. The number of nitrogens with zero attached hydrogens (tertiary/aromatic N) is 4. The molecule has 4 amide bonds. The summed E-state index contributed by atoms with van der Waals surface area (Å²) in [5.41, 5.74) is -0.807. The zero-order valence-corrected chi connectivity index (χ0v) is 33.7. The highest BCUT2D eigenvalue weighted by molar-refractivity contribution is 7.91. The molecule has 0 radical (unpaired) electrons. The molecule has 306 valence electrons. The normalized spacial score (nSPS) is 26.1. The van der Waals surface area contributed by atoms with Crippen molar-refractivity contribution in [2.45, 2.75) is 120 Å². The molecule has 0 spiro atoms. The molecule has 2 aromatic heterocycles. The molecule has 3 aromatic rings. The molecule has 0 unspecified atom stereocenters. The number of aryl methyl sites for hydroxylation is 2. The Kier molecular flexibility index (Phi) is 10.8. The van der Waals surface area contributed by atoms with Crippen LogP contribution in [0.4, 0.5) is 4.39 Å². The van der Waals surface area contributed by atoms with E-state index in [2.05, 4.69) is 25.4 Å². The summed E-state index contributed by atoms with van der Waals surface area (Å²) < 4.78 is 56.3. The van der Waals surface area contributed by atoms with Crippen molar-refractivity contribution in [3.63, 3.8) is 0 Å². The molecule has 7 rings (SSSR count). The number of sulfonamides is 1. The van der Waals surface area contributed by atoms with Crippen molar-refractivity contribution in [1.82, 2.24) is 35.0 Å². The Morgan fingerprint density at radius 1 is 1.12 bits per heavy atom. The molecule has 2 saturated carbocycles. The first-order valence-electron chi connectivity index (χ1n) is 19.6. The summed E-state index contributed by atoms with van der Waals surface area (Å²) >= 11 is 0. The topological polar surface area (TPSA) is 191 Å². The van der Waals surface area contributed by atoms with Gasteiger partial charge in [-0.25, -0.2) is 17.8 Å². The van der Waals surface area contributed by atoms with Gasteiger partial charge in [0.05, 0.1) is 22.9 Å². The van der Waals surface area contributed by atoms with Gasteiger partial charge in [0.25, 0.3) is 11.8 Å². The second-order valence-corrected chi connectivity index (χ2v) is 18.5. The van der Waals surface area contributed by atoms with Crippen LogP contribution >= 0.6 is 0 Å². The molecule has 57 heavy (non-hydrogen) atoms. The fourth-order valence-corrected chi connectivity index (χ4v) is 8.96. The van der Waals surface area contributed by atoms with Gasteiger partial charge in [0.1, 0.15) is 41.0 Å². The molecular weight excluding hydrogens is 758 g/mol. The van der Waals surface area contributed by atoms with Gasteiger partial charge in [0.2, 0.25) is 27.7 Å². The van der Waals surface area contributed by atoms with Gasteiger partial charge in [-0.3, -0.25) is 28.6 Å². The number of fused-ring (bicyclic) bond motifs is 3. The molecule has 17 heteroatoms. The van der Waals surface area contributed by atoms with Gasteiger partial charge >= 0.3 is 0 Å². The highest BCUT2D eigenvalue weighted by Gasteiger charge is 2.63. The highest BCUT2D eigenvalue weighted by Crippen LogP contribution is 2.47. The third-order valence-corrected chi connectivity index (χ3v) is 13.6. The molecule has 4 aliphatic rings. The fraction of sp³-hybridized carbons (Fsp3) is 0.550. The van der Waals surface area contributed by atoms with Crippen molar-refractivity contribution >= 4 is 44.6 Å². The lowest BCUT2D eigenvalue weighted by Crippen LogP contribution is -2.58. The summed E-state index contributed by atoms with van der Waals surface area (Å²) in [4.78, 5) is 62.4. The van der Waals surface area contributed by atoms with Gasteiger partial charge in [0.15, 0.2) is 0 Å². The van der Waals surface area contributed by atoms with Crippen LogP contribution < -0.4 is 24.8 Å². The molecule has 2 aliphatic heterocycles. The molecule has 1 saturated heterocycles. The third-order valence-electron chi connectivity index (χ3n) is 11.5. The second-order valence-electron chi connectivity index (χ2n) is 16.3. The van der Waals surface area contributed by atoms with Crippen molar-refractivity contribution in [1.29, 1.82) is 0 Å². The minimum absolute atomic E-state index is 0.0164. The Hall–Kier alpha value is -5.06. The van der Waals surface area contributed by atoms with Crippen LogP contribution in [-0.2, 0) is 31.5 Å². The Bertz CT molecular complexity index is 2240. The number of ether oxygens (including phenoxy) is 2. The van der Waals surface area contributed by atoms with E-state index in [4.69, 9.17) is 9.47 Å². The first-order valence-corrected chi connectivity index (χ1v) is 21.1. The number of carbonyl (C=O) groups excluding carboxylic acids is 4. The molecule has 3 fully saturated rings. The van der Waals surface area contributed by atoms with E-state index in [1.807, 2.05) is 26.0 Å². The van der Waals surface area contributed by atoms with Crippen LogP contribution in [0.1, 0.15) is 94.6 Å². The largest absolute Gasteiger partial charge is 0.488 e. The van der Waals surface area contributed by atoms with Gasteiger partial charge in [-0.05, 0) is 84.4 Å². The number of carbonyl (C=O) groups is 4. The predicted molar refractivity (Wildman–Crippen MR) is 207 cm³/mol. The Labute approximate surface area is 331 Å². The number of pyridine rings is 1. The van der Waals surface area contributed by atoms with E-state index in [0.717, 1.165) is 12.8 Å². The monoisotopic (exact) mass is 807 g/mol. The quantitative estimate of drug-likeness (QED) is 0.269. The van der Waals surface area contributed by atoms with E-state index in [0.29, 0.717) is 54.3 Å². The van der Waals surface area contributed by atoms with Crippen molar-refractivity contribution in [2.75, 3.05) is 6.54 Å². The molecular formula is C40H50FN7O8S. The highest BCUT2D eigenvalue weighted by atomic mass is 32.2. The van der Waals surface area contributed by atoms with Crippen LogP contribution in [-0.4, -0.2) is 92.8 Å². The van der Waals surface area contributed by atoms with Crippen molar-refractivity contribution < 1.29 is 41.5 Å². The van der Waals surface area contributed by atoms with E-state index in [-0.39, 0.29) is 37.1 Å². The van der Waals surface area contributed by atoms with Gasteiger partial charge in [-0.2, -0.15) is 5.10 Å². The number of nitrogens with one attached hydrogen (secondary N) is 3. The van der Waals surface area contributed by atoms with Crippen LogP contribution in [0.3, 0.4) is 0 Å². The van der Waals surface area contributed by atoms with E-state index in [1.165, 1.54) is 15.6 Å². The number of aromatic nitrogens is 3. The van der Waals surface area contributed by atoms with E-state index < -0.39 is 73.9 Å². The smallest absolute Gasteiger partial charge is 0.272 e. The number of allylic oxidation sites excluding steroid dienone is 1. The van der Waals surface area contributed by atoms with Gasteiger partial charge < -0.3 is 25.0 Å². The number of hydrogen-bond donors (Lipinski definition) is 3. The molecule has 5 atom stereocenters. The van der Waals surface area contributed by atoms with Crippen LogP contribution in [0.15, 0.2) is 42.6 Å². The van der Waals surface area contributed by atoms with E-state index >= 15 is 0 Å². The second kappa shape index (κ2) is 15.4. The summed E-state index contributed by atoms with van der Waals surface area (Å²) in [7, 11) is -2.34. The summed E-state index contributed by atoms with van der Waals surface area (Å²) in [6.45, 7) is 6.76. The maximum Gasteiger partial charge on any atom is 0.272 e. The van der Waals surface area contributed by atoms with Crippen molar-refractivity contribution in [2.24, 2.45) is 13.0 Å². The molecule has 1 aromatic carbocycles. The van der Waals surface area contributed by atoms with Crippen LogP contribution in [0.25, 0.3) is 10.9 Å². The van der Waals surface area contributed by atoms with Gasteiger partial charge in [-0.1, -0.05) is 25.0 Å². The number of hydrogen-bond acceptors (Lipinski definition) is 10. The molecule has 15 nitrogen and oxygen atoms in total. The zero-order valence-electron chi connectivity index (χ0n) is 32.8. The summed E-state index contributed by atoms with van der Waals surface area (Å²) in [5.74, 6) is -2.97. The van der Waals surface area contributed by atoms with Crippen LogP contribution in [0.2, 0.25) is 0 Å². The zero-order chi connectivity index (χ0) is 40.9. The van der Waals surface area contributed by atoms with E-state index in [1.54, 1.807) is 45.3 Å². The number of halogens is 1. The third kappa shape index (κ3) is 8.21. The minimum atomic E-state index is -4.02. The lowest BCUT2D eigenvalue weighted by molar-refractivity contribution is -0.141. The molecule has 0 bridgehead atoms. The summed E-state index contributed by atoms with van der Waals surface area (Å²) in [6, 6.07) is 3.80. The first kappa shape index (κ1) is 40.1. The number of benzene rings is 1. The summed E-state index contributed by atoms with van der Waals surface area (Å²) in [5, 5.41) is 10.4. The average Bonchev–Trinajstić information content (AvgIpc) is 3.95. The molecule has 4 heterocycles. The standard InChI is InChI=1S/C40H50FN7O8S/c1-23(2)55-33-20-32(27-13-14-28(41)24(3)34(27)43-33)56-26-19-31-36(50)44-40(38(52)46-57(53,54)39(4)16-17-39)21-25(40)11-9-7-6-8-10-12-30(37(51)48(31)22-26)42-35(49)29-15-18-47(5)45-29/h9,11,13-15,18,20,23,25-26,30-31H,6-8,10,12,16-17,19,21-22H2,1-5H3,(H,42,49)(H,44,50)(H,46,52)/t25-,26-,30+,31+,40-/m1/s1. The number of rotatable bonds is 9. The van der Waals surface area contributed by atoms with E-state index in [9.17, 15) is 32.0 Å². The SMILES string of the molecule is Cc1c(F)ccc2c(O[C@@H]3C[C@H]4C(=O)N[C@]5(C(=O)NS(=O)(=O)C6(C)CC6)C[C@H]5C=CCCCCC[C@H](NC(=O)c5ccn(C)n5)C(=O)N4C3)cc(OC(C)C)nc12. The maximum atomic E-state index is 14.7. The first-order chi connectivity index (χ1) is 27.0. The Balaban J connectivity index is 1.23. The Morgan fingerprint density at radius 3 is 2.60 bits per heavy atom. The molecule has 2 aliphatic carbocycles. The minimum Gasteiger partial charge on any atom is -0.488 e. The fourth-order valence-electron chi connectivity index (χ4n) is 7.64. The van der Waals surface area contributed by atoms with Gasteiger partial charge in [0, 0.05) is 42.6 Å². The van der Waals surface area contributed by atoms with Crippen molar-refractivity contribution in [3.8, 4) is 11.6 Å². The lowest BCUT2D eigenvalue weighted by Gasteiger charge is -2.30. The van der Waals surface area contributed by atoms with Crippen molar-refractivity contribution in [3.05, 3.63) is 59.7 Å². The van der Waals surface area contributed by atoms with Gasteiger partial charge in [-0.15, -0.1) is 0 Å².